The molecule has 3 nitrogen and oxygen atoms in total. The van der Waals surface area contributed by atoms with Gasteiger partial charge in [0.2, 0.25) is 0 Å². The zero-order valence-electron chi connectivity index (χ0n) is 7.48. The van der Waals surface area contributed by atoms with Crippen molar-refractivity contribution in [2.45, 2.75) is 0 Å². The van der Waals surface area contributed by atoms with E-state index in [0.29, 0.717) is 10.8 Å². The minimum Gasteiger partial charge on any atom is -0.353 e. The summed E-state index contributed by atoms with van der Waals surface area (Å²) >= 11 is 6.53. The molecule has 0 saturated heterocycles. The first-order valence-electron chi connectivity index (χ1n) is 4.08. The highest BCUT2D eigenvalue weighted by molar-refractivity contribution is 7.16. The Kier molecular flexibility index (Phi) is 2.86. The van der Waals surface area contributed by atoms with Crippen LogP contribution in [0.25, 0.3) is 10.4 Å². The highest BCUT2D eigenvalue weighted by Crippen LogP contribution is 2.30. The van der Waals surface area contributed by atoms with Gasteiger partial charge in [-0.05, 0) is 17.7 Å². The minimum absolute atomic E-state index is 0.413. The van der Waals surface area contributed by atoms with Gasteiger partial charge in [-0.2, -0.15) is 5.26 Å². The second kappa shape index (κ2) is 4.30. The molecule has 0 atom stereocenters. The van der Waals surface area contributed by atoms with E-state index in [-0.39, 0.29) is 0 Å². The van der Waals surface area contributed by atoms with Crippen LogP contribution in [-0.2, 0) is 0 Å². The quantitative estimate of drug-likeness (QED) is 0.804. The number of aromatic nitrogens is 1. The van der Waals surface area contributed by atoms with Crippen molar-refractivity contribution in [3.8, 4) is 21.7 Å². The van der Waals surface area contributed by atoms with Crippen molar-refractivity contribution < 1.29 is 4.29 Å². The van der Waals surface area contributed by atoms with Crippen LogP contribution in [0.2, 0.25) is 0 Å². The fraction of sp³-hybridized carbons (Fsp3) is 0. The van der Waals surface area contributed by atoms with E-state index in [0.717, 1.165) is 10.4 Å². The monoisotopic (exact) mass is 236 g/mol. The molecule has 0 unspecified atom stereocenters. The summed E-state index contributed by atoms with van der Waals surface area (Å²) in [7, 11) is 0. The van der Waals surface area contributed by atoms with Crippen LogP contribution in [0.15, 0.2) is 30.5 Å². The first-order chi connectivity index (χ1) is 7.33. The van der Waals surface area contributed by atoms with E-state index < -0.39 is 0 Å². The van der Waals surface area contributed by atoms with Crippen LogP contribution >= 0.6 is 23.2 Å². The highest BCUT2D eigenvalue weighted by Gasteiger charge is 2.04. The molecule has 0 aliphatic rings. The van der Waals surface area contributed by atoms with Gasteiger partial charge in [-0.1, -0.05) is 23.5 Å². The third kappa shape index (κ3) is 2.09. The van der Waals surface area contributed by atoms with Crippen LogP contribution < -0.4 is 4.29 Å². The summed E-state index contributed by atoms with van der Waals surface area (Å²) in [5.74, 6) is 0. The largest absolute Gasteiger partial charge is 0.353 e. The molecule has 0 radical (unpaired) electrons. The molecular formula is C10H5ClN2OS. The lowest BCUT2D eigenvalue weighted by atomic mass is 10.1. The van der Waals surface area contributed by atoms with Crippen molar-refractivity contribution in [1.82, 2.24) is 4.98 Å². The first-order valence-corrected chi connectivity index (χ1v) is 5.21. The average Bonchev–Trinajstić information content (AvgIpc) is 2.78. The summed E-state index contributed by atoms with van der Waals surface area (Å²) in [5, 5.41) is 9.06. The van der Waals surface area contributed by atoms with Crippen molar-refractivity contribution in [3.63, 3.8) is 0 Å². The Balaban J connectivity index is 2.33. The summed E-state index contributed by atoms with van der Waals surface area (Å²) in [6.07, 6.45) is 1.68. The second-order valence-electron chi connectivity index (χ2n) is 2.76. The van der Waals surface area contributed by atoms with E-state index in [4.69, 9.17) is 17.1 Å². The molecule has 1 aromatic carbocycles. The number of benzene rings is 1. The molecule has 15 heavy (non-hydrogen) atoms. The van der Waals surface area contributed by atoms with Gasteiger partial charge in [0.05, 0.1) is 16.5 Å². The standard InChI is InChI=1S/C10H5ClN2OS/c11-14-10-13-6-9(15-10)8-3-1-7(5-12)2-4-8/h1-4,6H. The molecule has 1 heterocycles. The van der Waals surface area contributed by atoms with Crippen LogP contribution in [-0.4, -0.2) is 4.98 Å². The number of halogens is 1. The van der Waals surface area contributed by atoms with Crippen molar-refractivity contribution in [2.75, 3.05) is 0 Å². The second-order valence-corrected chi connectivity index (χ2v) is 3.90. The topological polar surface area (TPSA) is 45.9 Å². The number of nitriles is 1. The predicted octanol–water partition coefficient (Wildman–Crippen LogP) is 3.21. The molecule has 0 N–H and O–H groups in total. The van der Waals surface area contributed by atoms with Gasteiger partial charge >= 0.3 is 0 Å². The Morgan fingerprint density at radius 1 is 1.33 bits per heavy atom. The third-order valence-corrected chi connectivity index (χ3v) is 3.01. The fourth-order valence-corrected chi connectivity index (χ4v) is 1.95. The molecule has 5 heteroatoms. The van der Waals surface area contributed by atoms with Crippen molar-refractivity contribution >= 4 is 23.2 Å². The van der Waals surface area contributed by atoms with Crippen molar-refractivity contribution in [2.24, 2.45) is 0 Å². The Morgan fingerprint density at radius 3 is 2.60 bits per heavy atom. The lowest BCUT2D eigenvalue weighted by molar-refractivity contribution is 0.612. The molecule has 0 spiro atoms. The summed E-state index contributed by atoms with van der Waals surface area (Å²) in [6.45, 7) is 0. The van der Waals surface area contributed by atoms with Crippen LogP contribution in [0.4, 0.5) is 0 Å². The molecule has 0 aliphatic heterocycles. The van der Waals surface area contributed by atoms with Gasteiger partial charge in [0.15, 0.2) is 0 Å². The summed E-state index contributed by atoms with van der Waals surface area (Å²) < 4.78 is 4.49. The zero-order valence-corrected chi connectivity index (χ0v) is 9.05. The van der Waals surface area contributed by atoms with Crippen LogP contribution in [0, 0.1) is 11.3 Å². The number of nitrogens with zero attached hydrogens (tertiary/aromatic N) is 2. The van der Waals surface area contributed by atoms with Gasteiger partial charge in [-0.25, -0.2) is 4.98 Å². The van der Waals surface area contributed by atoms with Gasteiger partial charge in [-0.15, -0.1) is 0 Å². The van der Waals surface area contributed by atoms with E-state index in [1.807, 2.05) is 12.1 Å². The predicted molar refractivity (Wildman–Crippen MR) is 58.7 cm³/mol. The van der Waals surface area contributed by atoms with Gasteiger partial charge in [0, 0.05) is 6.20 Å². The van der Waals surface area contributed by atoms with E-state index in [9.17, 15) is 0 Å². The number of rotatable bonds is 2. The van der Waals surface area contributed by atoms with Gasteiger partial charge in [0.25, 0.3) is 5.19 Å². The average molecular weight is 237 g/mol. The van der Waals surface area contributed by atoms with Gasteiger partial charge in [-0.3, -0.25) is 0 Å². The third-order valence-electron chi connectivity index (χ3n) is 1.85. The molecule has 2 aromatic rings. The van der Waals surface area contributed by atoms with E-state index in [2.05, 4.69) is 15.3 Å². The lowest BCUT2D eigenvalue weighted by Crippen LogP contribution is -1.74. The molecule has 0 aliphatic carbocycles. The minimum atomic E-state index is 0.413. The maximum absolute atomic E-state index is 8.64. The fourth-order valence-electron chi connectivity index (χ4n) is 1.14. The van der Waals surface area contributed by atoms with Gasteiger partial charge in [0.1, 0.15) is 11.9 Å². The van der Waals surface area contributed by atoms with Crippen LogP contribution in [0.1, 0.15) is 5.56 Å². The number of hydrogen-bond acceptors (Lipinski definition) is 4. The normalized spacial score (nSPS) is 9.60. The Bertz CT molecular complexity index is 501. The smallest absolute Gasteiger partial charge is 0.294 e. The molecular weight excluding hydrogens is 232 g/mol. The first kappa shape index (κ1) is 9.97. The molecule has 1 aromatic heterocycles. The summed E-state index contributed by atoms with van der Waals surface area (Å²) in [6, 6.07) is 9.31. The van der Waals surface area contributed by atoms with E-state index >= 15 is 0 Å². The molecule has 0 amide bonds. The molecule has 74 valence electrons. The summed E-state index contributed by atoms with van der Waals surface area (Å²) in [5.41, 5.74) is 1.63. The molecule has 2 rings (SSSR count). The van der Waals surface area contributed by atoms with E-state index in [1.165, 1.54) is 11.3 Å². The molecule has 0 saturated carbocycles. The summed E-state index contributed by atoms with van der Waals surface area (Å²) in [4.78, 5) is 4.91. The SMILES string of the molecule is N#Cc1ccc(-c2cnc(OCl)s2)cc1. The van der Waals surface area contributed by atoms with Gasteiger partial charge < -0.3 is 4.29 Å². The number of thiazole rings is 1. The molecule has 0 fully saturated rings. The van der Waals surface area contributed by atoms with E-state index in [1.54, 1.807) is 18.3 Å². The van der Waals surface area contributed by atoms with Crippen molar-refractivity contribution in [1.29, 1.82) is 5.26 Å². The molecule has 0 bridgehead atoms. The highest BCUT2D eigenvalue weighted by atomic mass is 35.5. The number of hydrogen-bond donors (Lipinski definition) is 0. The van der Waals surface area contributed by atoms with Crippen LogP contribution in [0.5, 0.6) is 5.19 Å². The Labute approximate surface area is 95.7 Å². The Hall–Kier alpha value is -1.57. The van der Waals surface area contributed by atoms with Crippen LogP contribution in [0.3, 0.4) is 0 Å². The maximum Gasteiger partial charge on any atom is 0.294 e. The zero-order chi connectivity index (χ0) is 10.7. The van der Waals surface area contributed by atoms with Crippen molar-refractivity contribution in [3.05, 3.63) is 36.0 Å². The maximum atomic E-state index is 8.64. The lowest BCUT2D eigenvalue weighted by Gasteiger charge is -1.94. The Morgan fingerprint density at radius 2 is 2.07 bits per heavy atom.